The first-order chi connectivity index (χ1) is 26.0. The predicted molar refractivity (Wildman–Crippen MR) is 202 cm³/mol. The van der Waals surface area contributed by atoms with Crippen LogP contribution in [0.5, 0.6) is 0 Å². The Bertz CT molecular complexity index is 2080. The van der Waals surface area contributed by atoms with E-state index in [2.05, 4.69) is 63.1 Å². The Labute approximate surface area is 310 Å². The molecule has 53 heavy (non-hydrogen) atoms. The van der Waals surface area contributed by atoms with Crippen LogP contribution in [-0.2, 0) is 14.3 Å². The van der Waals surface area contributed by atoms with Gasteiger partial charge in [-0.05, 0) is 67.6 Å². The zero-order valence-corrected chi connectivity index (χ0v) is 30.2. The molecule has 15 nitrogen and oxygen atoms in total. The monoisotopic (exact) mass is 734 g/mol. The number of imide groups is 1. The highest BCUT2D eigenvalue weighted by molar-refractivity contribution is 7.18. The summed E-state index contributed by atoms with van der Waals surface area (Å²) >= 11 is 1.61. The predicted octanol–water partition coefficient (Wildman–Crippen LogP) is 3.18. The molecule has 4 saturated heterocycles. The number of pyridine rings is 2. The number of carbonyl (C=O) groups excluding carboxylic acids is 2. The minimum absolute atomic E-state index is 0.0192. The van der Waals surface area contributed by atoms with Crippen molar-refractivity contribution in [3.05, 3.63) is 66.7 Å². The van der Waals surface area contributed by atoms with Gasteiger partial charge < -0.3 is 19.9 Å². The highest BCUT2D eigenvalue weighted by atomic mass is 32.1. The van der Waals surface area contributed by atoms with Crippen molar-refractivity contribution in [2.24, 2.45) is 5.92 Å². The number of ether oxygens (including phenoxy) is 1. The van der Waals surface area contributed by atoms with Gasteiger partial charge >= 0.3 is 0 Å². The van der Waals surface area contributed by atoms with Crippen molar-refractivity contribution in [3.8, 4) is 22.0 Å². The Morgan fingerprint density at radius 1 is 0.925 bits per heavy atom. The molecule has 0 radical (unpaired) electrons. The number of aromatic nitrogens is 6. The average Bonchev–Trinajstić information content (AvgIpc) is 3.98. The van der Waals surface area contributed by atoms with E-state index in [1.54, 1.807) is 17.5 Å². The molecule has 0 aromatic carbocycles. The fraction of sp³-hybridized carbons (Fsp3) is 0.432. The highest BCUT2D eigenvalue weighted by Crippen LogP contribution is 2.36. The van der Waals surface area contributed by atoms with Crippen LogP contribution in [0.1, 0.15) is 37.3 Å². The Morgan fingerprint density at radius 2 is 1.81 bits per heavy atom. The van der Waals surface area contributed by atoms with Gasteiger partial charge in [0.1, 0.15) is 6.17 Å². The summed E-state index contributed by atoms with van der Waals surface area (Å²) in [5, 5.41) is 25.0. The maximum absolute atomic E-state index is 12.3. The van der Waals surface area contributed by atoms with Gasteiger partial charge in [-0.2, -0.15) is 5.10 Å². The molecule has 5 aromatic heterocycles. The first-order valence-electron chi connectivity index (χ1n) is 18.4. The maximum Gasteiger partial charge on any atom is 0.235 e. The first-order valence-corrected chi connectivity index (χ1v) is 19.2. The van der Waals surface area contributed by atoms with E-state index in [0.717, 1.165) is 108 Å². The largest absolute Gasteiger partial charge is 0.370 e. The summed E-state index contributed by atoms with van der Waals surface area (Å²) in [4.78, 5) is 40.6. The fourth-order valence-corrected chi connectivity index (χ4v) is 8.70. The van der Waals surface area contributed by atoms with Crippen LogP contribution in [-0.4, -0.2) is 112 Å². The number of amides is 2. The van der Waals surface area contributed by atoms with Crippen LogP contribution >= 0.6 is 11.3 Å². The standard InChI is InChI=1S/C37H42N12O3S/c50-34-8-5-27(35(51)43-34)29-6-3-26(19-38-29)47-12-9-24(10-13-47)21-46-14-16-48(17-15-46)37-45-44-36(53-37)28-20-39-31(18-30(28)42-33-22-52-23-40-33)32-7-4-25-2-1-11-41-49(25)32/h1-4,6-7,11,18-20,24,27,33,40H,5,8-10,12-17,21-23H2,(H,39,42)(H,43,50,51)/t27-,33?/m0/s1. The van der Waals surface area contributed by atoms with E-state index < -0.39 is 0 Å². The van der Waals surface area contributed by atoms with Gasteiger partial charge in [0.2, 0.25) is 16.9 Å². The SMILES string of the molecule is O=C1CC[C@@H](c2ccc(N3CCC(CN4CCN(c5nnc(-c6cnc(-c7ccc8cccnn78)cc6NC6COCN6)s5)CC4)CC3)cn2)C(=O)N1. The van der Waals surface area contributed by atoms with Gasteiger partial charge in [0, 0.05) is 70.3 Å². The lowest BCUT2D eigenvalue weighted by atomic mass is 9.94. The molecule has 1 unspecified atom stereocenters. The third kappa shape index (κ3) is 7.19. The van der Waals surface area contributed by atoms with Gasteiger partial charge in [0.25, 0.3) is 0 Å². The molecule has 0 spiro atoms. The molecule has 0 aliphatic carbocycles. The number of anilines is 3. The van der Waals surface area contributed by atoms with Crippen molar-refractivity contribution in [2.45, 2.75) is 37.8 Å². The minimum Gasteiger partial charge on any atom is -0.370 e. The minimum atomic E-state index is -0.350. The van der Waals surface area contributed by atoms with Crippen molar-refractivity contribution in [1.29, 1.82) is 0 Å². The van der Waals surface area contributed by atoms with Crippen molar-refractivity contribution in [2.75, 3.05) is 74.3 Å². The molecule has 4 aliphatic rings. The number of rotatable bonds is 9. The normalized spacial score (nSPS) is 21.7. The van der Waals surface area contributed by atoms with Crippen molar-refractivity contribution >= 4 is 45.2 Å². The van der Waals surface area contributed by atoms with Crippen LogP contribution in [0, 0.1) is 5.92 Å². The highest BCUT2D eigenvalue weighted by Gasteiger charge is 2.30. The number of hydrogen-bond donors (Lipinski definition) is 3. The maximum atomic E-state index is 12.3. The molecular weight excluding hydrogens is 693 g/mol. The van der Waals surface area contributed by atoms with Crippen LogP contribution in [0.25, 0.3) is 27.5 Å². The Balaban J connectivity index is 0.797. The molecule has 0 saturated carbocycles. The molecule has 2 atom stereocenters. The number of nitrogens with one attached hydrogen (secondary N) is 3. The van der Waals surface area contributed by atoms with Gasteiger partial charge in [0.15, 0.2) is 5.01 Å². The van der Waals surface area contributed by atoms with E-state index in [1.807, 2.05) is 47.2 Å². The zero-order chi connectivity index (χ0) is 35.7. The molecule has 4 fully saturated rings. The summed E-state index contributed by atoms with van der Waals surface area (Å²) in [5.74, 6) is -0.141. The quantitative estimate of drug-likeness (QED) is 0.190. The Hall–Kier alpha value is -5.03. The molecule has 5 aromatic rings. The van der Waals surface area contributed by atoms with Crippen molar-refractivity contribution < 1.29 is 14.3 Å². The third-order valence-electron chi connectivity index (χ3n) is 10.8. The third-order valence-corrected chi connectivity index (χ3v) is 11.8. The van der Waals surface area contributed by atoms with E-state index in [1.165, 1.54) is 0 Å². The van der Waals surface area contributed by atoms with Gasteiger partial charge in [-0.15, -0.1) is 10.2 Å². The average molecular weight is 735 g/mol. The lowest BCUT2D eigenvalue weighted by Gasteiger charge is -2.39. The van der Waals surface area contributed by atoms with E-state index in [-0.39, 0.29) is 23.9 Å². The number of nitrogens with zero attached hydrogens (tertiary/aromatic N) is 9. The van der Waals surface area contributed by atoms with Crippen LogP contribution < -0.4 is 25.8 Å². The molecule has 0 bridgehead atoms. The summed E-state index contributed by atoms with van der Waals surface area (Å²) in [6.07, 6.45) is 8.68. The van der Waals surface area contributed by atoms with Gasteiger partial charge in [-0.1, -0.05) is 11.3 Å². The second kappa shape index (κ2) is 14.8. The van der Waals surface area contributed by atoms with Gasteiger partial charge in [-0.25, -0.2) is 4.52 Å². The summed E-state index contributed by atoms with van der Waals surface area (Å²) in [7, 11) is 0. The Morgan fingerprint density at radius 3 is 2.60 bits per heavy atom. The number of carbonyl (C=O) groups is 2. The Kier molecular flexibility index (Phi) is 9.42. The molecule has 4 aliphatic heterocycles. The molecule has 2 amide bonds. The summed E-state index contributed by atoms with van der Waals surface area (Å²) in [5.41, 5.74) is 6.40. The van der Waals surface area contributed by atoms with Gasteiger partial charge in [0.05, 0.1) is 59.3 Å². The molecule has 3 N–H and O–H groups in total. The van der Waals surface area contributed by atoms with Crippen LogP contribution in [0.4, 0.5) is 16.5 Å². The van der Waals surface area contributed by atoms with Crippen molar-refractivity contribution in [1.82, 2.24) is 45.3 Å². The fourth-order valence-electron chi connectivity index (χ4n) is 7.78. The second-order valence-corrected chi connectivity index (χ2v) is 15.1. The molecule has 274 valence electrons. The molecule has 9 heterocycles. The lowest BCUT2D eigenvalue weighted by Crippen LogP contribution is -2.49. The van der Waals surface area contributed by atoms with E-state index in [0.29, 0.717) is 32.1 Å². The number of fused-ring (bicyclic) bond motifs is 1. The van der Waals surface area contributed by atoms with E-state index in [4.69, 9.17) is 9.72 Å². The van der Waals surface area contributed by atoms with E-state index in [9.17, 15) is 9.59 Å². The molecule has 9 rings (SSSR count). The van der Waals surface area contributed by atoms with Crippen LogP contribution in [0.3, 0.4) is 0 Å². The summed E-state index contributed by atoms with van der Waals surface area (Å²) in [6.45, 7) is 7.99. The molecular formula is C37H42N12O3S. The summed E-state index contributed by atoms with van der Waals surface area (Å²) < 4.78 is 7.47. The van der Waals surface area contributed by atoms with Crippen LogP contribution in [0.2, 0.25) is 0 Å². The van der Waals surface area contributed by atoms with Crippen LogP contribution in [0.15, 0.2) is 61.1 Å². The smallest absolute Gasteiger partial charge is 0.235 e. The topological polar surface area (TPSA) is 158 Å². The molecule has 16 heteroatoms. The van der Waals surface area contributed by atoms with Gasteiger partial charge in [-0.3, -0.25) is 35.1 Å². The number of piperazine rings is 1. The number of piperidine rings is 2. The first kappa shape index (κ1) is 33.8. The number of hydrogen-bond acceptors (Lipinski definition) is 14. The summed E-state index contributed by atoms with van der Waals surface area (Å²) in [6, 6.07) is 14.1. The lowest BCUT2D eigenvalue weighted by molar-refractivity contribution is -0.134. The zero-order valence-electron chi connectivity index (χ0n) is 29.4. The second-order valence-electron chi connectivity index (χ2n) is 14.2. The van der Waals surface area contributed by atoms with Crippen molar-refractivity contribution in [3.63, 3.8) is 0 Å². The van der Waals surface area contributed by atoms with E-state index >= 15 is 0 Å².